The summed E-state index contributed by atoms with van der Waals surface area (Å²) in [6.45, 7) is 0.389. The second-order valence-electron chi connectivity index (χ2n) is 4.49. The predicted molar refractivity (Wildman–Crippen MR) is 87.7 cm³/mol. The molecule has 3 N–H and O–H groups in total. The standard InChI is InChI=1S/C15H14N4OS/c20-14-12-8-4-5-9-13(12)18-15(21)19(14)17-10-16-11-6-2-1-3-7-11/h1-9,16-17H,10H2,(H,18,21). The van der Waals surface area contributed by atoms with Crippen molar-refractivity contribution >= 4 is 28.8 Å². The number of para-hydroxylation sites is 2. The molecule has 0 radical (unpaired) electrons. The molecule has 0 aliphatic carbocycles. The van der Waals surface area contributed by atoms with Crippen LogP contribution in [0.5, 0.6) is 0 Å². The second kappa shape index (κ2) is 5.80. The molecule has 3 rings (SSSR count). The fourth-order valence-corrected chi connectivity index (χ4v) is 2.34. The molecule has 0 aliphatic heterocycles. The summed E-state index contributed by atoms with van der Waals surface area (Å²) in [7, 11) is 0. The number of hydrogen-bond donors (Lipinski definition) is 3. The molecule has 1 aromatic heterocycles. The smallest absolute Gasteiger partial charge is 0.280 e. The number of aromatic nitrogens is 2. The van der Waals surface area contributed by atoms with Crippen molar-refractivity contribution in [3.8, 4) is 0 Å². The minimum Gasteiger partial charge on any atom is -0.367 e. The molecule has 0 atom stereocenters. The Kier molecular flexibility index (Phi) is 3.70. The Balaban J connectivity index is 1.84. The lowest BCUT2D eigenvalue weighted by atomic mass is 10.2. The molecule has 106 valence electrons. The third kappa shape index (κ3) is 2.80. The van der Waals surface area contributed by atoms with E-state index in [1.165, 1.54) is 4.68 Å². The van der Waals surface area contributed by atoms with Crippen LogP contribution in [0.25, 0.3) is 10.9 Å². The van der Waals surface area contributed by atoms with Gasteiger partial charge in [0, 0.05) is 5.69 Å². The Labute approximate surface area is 126 Å². The lowest BCUT2D eigenvalue weighted by Crippen LogP contribution is -2.33. The Hall–Kier alpha value is -2.60. The maximum atomic E-state index is 12.4. The van der Waals surface area contributed by atoms with E-state index in [0.29, 0.717) is 16.8 Å². The molecular formula is C15H14N4OS. The van der Waals surface area contributed by atoms with Gasteiger partial charge in [-0.1, -0.05) is 30.3 Å². The molecule has 21 heavy (non-hydrogen) atoms. The molecule has 0 aliphatic rings. The molecular weight excluding hydrogens is 284 g/mol. The lowest BCUT2D eigenvalue weighted by molar-refractivity contribution is 0.799. The highest BCUT2D eigenvalue weighted by Gasteiger charge is 2.03. The Morgan fingerprint density at radius 1 is 1.05 bits per heavy atom. The highest BCUT2D eigenvalue weighted by molar-refractivity contribution is 7.71. The minimum absolute atomic E-state index is 0.163. The number of H-pyrrole nitrogens is 1. The molecule has 0 bridgehead atoms. The van der Waals surface area contributed by atoms with Gasteiger partial charge in [0.05, 0.1) is 10.9 Å². The Morgan fingerprint density at radius 2 is 1.76 bits per heavy atom. The summed E-state index contributed by atoms with van der Waals surface area (Å²) >= 11 is 5.21. The molecule has 5 nitrogen and oxygen atoms in total. The monoisotopic (exact) mass is 298 g/mol. The van der Waals surface area contributed by atoms with Crippen LogP contribution in [-0.2, 0) is 0 Å². The van der Waals surface area contributed by atoms with Crippen molar-refractivity contribution in [1.82, 2.24) is 9.66 Å². The van der Waals surface area contributed by atoms with Crippen LogP contribution in [0.3, 0.4) is 0 Å². The van der Waals surface area contributed by atoms with Crippen LogP contribution in [-0.4, -0.2) is 16.3 Å². The van der Waals surface area contributed by atoms with E-state index in [4.69, 9.17) is 12.2 Å². The Bertz CT molecular complexity index is 870. The molecule has 0 saturated carbocycles. The first-order valence-corrected chi connectivity index (χ1v) is 6.93. The summed E-state index contributed by atoms with van der Waals surface area (Å²) in [6.07, 6.45) is 0. The van der Waals surface area contributed by atoms with Crippen LogP contribution >= 0.6 is 12.2 Å². The predicted octanol–water partition coefficient (Wildman–Crippen LogP) is 2.67. The molecule has 6 heteroatoms. The van der Waals surface area contributed by atoms with Crippen molar-refractivity contribution in [3.63, 3.8) is 0 Å². The zero-order valence-corrected chi connectivity index (χ0v) is 12.0. The SMILES string of the molecule is O=c1c2ccccc2[nH]c(=S)n1NCNc1ccccc1. The molecule has 1 heterocycles. The van der Waals surface area contributed by atoms with Gasteiger partial charge in [-0.15, -0.1) is 0 Å². The van der Waals surface area contributed by atoms with E-state index in [9.17, 15) is 4.79 Å². The van der Waals surface area contributed by atoms with Crippen molar-refractivity contribution in [2.45, 2.75) is 0 Å². The number of nitrogens with one attached hydrogen (secondary N) is 3. The summed E-state index contributed by atoms with van der Waals surface area (Å²) in [5, 5.41) is 3.76. The zero-order chi connectivity index (χ0) is 14.7. The van der Waals surface area contributed by atoms with Crippen LogP contribution in [0.1, 0.15) is 0 Å². The highest BCUT2D eigenvalue weighted by atomic mass is 32.1. The maximum absolute atomic E-state index is 12.4. The van der Waals surface area contributed by atoms with Gasteiger partial charge in [-0.05, 0) is 36.5 Å². The van der Waals surface area contributed by atoms with E-state index in [2.05, 4.69) is 15.7 Å². The van der Waals surface area contributed by atoms with Crippen molar-refractivity contribution in [3.05, 3.63) is 69.7 Å². The molecule has 0 spiro atoms. The van der Waals surface area contributed by atoms with E-state index in [1.54, 1.807) is 6.07 Å². The number of aromatic amines is 1. The van der Waals surface area contributed by atoms with E-state index in [-0.39, 0.29) is 5.56 Å². The molecule has 0 unspecified atom stereocenters. The van der Waals surface area contributed by atoms with Gasteiger partial charge in [0.2, 0.25) is 0 Å². The van der Waals surface area contributed by atoms with Gasteiger partial charge in [0.25, 0.3) is 5.56 Å². The average molecular weight is 298 g/mol. The number of anilines is 1. The quantitative estimate of drug-likeness (QED) is 0.512. The fraction of sp³-hybridized carbons (Fsp3) is 0.0667. The number of benzene rings is 2. The molecule has 0 fully saturated rings. The summed E-state index contributed by atoms with van der Waals surface area (Å²) in [4.78, 5) is 15.4. The lowest BCUT2D eigenvalue weighted by Gasteiger charge is -2.12. The van der Waals surface area contributed by atoms with Crippen molar-refractivity contribution in [2.24, 2.45) is 0 Å². The largest absolute Gasteiger partial charge is 0.367 e. The summed E-state index contributed by atoms with van der Waals surface area (Å²) in [5.74, 6) is 0. The average Bonchev–Trinajstić information content (AvgIpc) is 2.51. The minimum atomic E-state index is -0.163. The van der Waals surface area contributed by atoms with Gasteiger partial charge >= 0.3 is 0 Å². The normalized spacial score (nSPS) is 10.5. The number of hydrogen-bond acceptors (Lipinski definition) is 4. The van der Waals surface area contributed by atoms with Gasteiger partial charge in [-0.2, -0.15) is 4.68 Å². The Morgan fingerprint density at radius 3 is 2.57 bits per heavy atom. The third-order valence-electron chi connectivity index (χ3n) is 3.11. The first kappa shape index (κ1) is 13.4. The summed E-state index contributed by atoms with van der Waals surface area (Å²) < 4.78 is 1.68. The van der Waals surface area contributed by atoms with E-state index in [1.807, 2.05) is 48.5 Å². The van der Waals surface area contributed by atoms with Crippen molar-refractivity contribution in [1.29, 1.82) is 0 Å². The number of rotatable bonds is 4. The van der Waals surface area contributed by atoms with E-state index < -0.39 is 0 Å². The maximum Gasteiger partial charge on any atom is 0.280 e. The zero-order valence-electron chi connectivity index (χ0n) is 11.2. The summed E-state index contributed by atoms with van der Waals surface area (Å²) in [5.41, 5.74) is 4.52. The topological polar surface area (TPSA) is 61.9 Å². The van der Waals surface area contributed by atoms with Crippen LogP contribution in [0, 0.1) is 4.77 Å². The molecule has 0 amide bonds. The molecule has 2 aromatic carbocycles. The van der Waals surface area contributed by atoms with E-state index >= 15 is 0 Å². The number of fused-ring (bicyclic) bond motifs is 1. The fourth-order valence-electron chi connectivity index (χ4n) is 2.08. The van der Waals surface area contributed by atoms with Crippen LogP contribution in [0.2, 0.25) is 0 Å². The van der Waals surface area contributed by atoms with Gasteiger partial charge in [0.15, 0.2) is 4.77 Å². The molecule has 0 saturated heterocycles. The second-order valence-corrected chi connectivity index (χ2v) is 4.88. The van der Waals surface area contributed by atoms with Gasteiger partial charge < -0.3 is 15.7 Å². The van der Waals surface area contributed by atoms with E-state index in [0.717, 1.165) is 11.2 Å². The first-order chi connectivity index (χ1) is 10.3. The van der Waals surface area contributed by atoms with Gasteiger partial charge in [-0.3, -0.25) is 4.79 Å². The van der Waals surface area contributed by atoms with Gasteiger partial charge in [0.1, 0.15) is 6.67 Å². The third-order valence-corrected chi connectivity index (χ3v) is 3.39. The van der Waals surface area contributed by atoms with Crippen LogP contribution < -0.4 is 16.3 Å². The van der Waals surface area contributed by atoms with Gasteiger partial charge in [-0.25, -0.2) is 0 Å². The first-order valence-electron chi connectivity index (χ1n) is 6.52. The molecule has 3 aromatic rings. The van der Waals surface area contributed by atoms with Crippen LogP contribution in [0.15, 0.2) is 59.4 Å². The van der Waals surface area contributed by atoms with Crippen molar-refractivity contribution < 1.29 is 0 Å². The number of nitrogens with zero attached hydrogens (tertiary/aromatic N) is 1. The van der Waals surface area contributed by atoms with Crippen LogP contribution in [0.4, 0.5) is 5.69 Å². The van der Waals surface area contributed by atoms with Crippen molar-refractivity contribution in [2.75, 3.05) is 17.4 Å². The highest BCUT2D eigenvalue weighted by Crippen LogP contribution is 2.06. The summed E-state index contributed by atoms with van der Waals surface area (Å²) in [6, 6.07) is 17.0.